The van der Waals surface area contributed by atoms with E-state index < -0.39 is 0 Å². The number of benzene rings is 2. The molecule has 0 bridgehead atoms. The molecule has 0 fully saturated rings. The van der Waals surface area contributed by atoms with Crippen molar-refractivity contribution in [1.82, 2.24) is 0 Å². The van der Waals surface area contributed by atoms with Gasteiger partial charge in [0.15, 0.2) is 0 Å². The quantitative estimate of drug-likeness (QED) is 0.386. The summed E-state index contributed by atoms with van der Waals surface area (Å²) in [7, 11) is 0. The fourth-order valence-electron chi connectivity index (χ4n) is 2.51. The fourth-order valence-corrected chi connectivity index (χ4v) is 2.90. The zero-order valence-corrected chi connectivity index (χ0v) is 16.0. The summed E-state index contributed by atoms with van der Waals surface area (Å²) >= 11 is 3.46. The average molecular weight is 379 g/mol. The molecular formula is C20H27BrO2. The molecule has 0 saturated heterocycles. The topological polar surface area (TPSA) is 18.5 Å². The predicted molar refractivity (Wildman–Crippen MR) is 102 cm³/mol. The molecule has 2 aromatic rings. The lowest BCUT2D eigenvalue weighted by Gasteiger charge is -2.13. The van der Waals surface area contributed by atoms with Crippen LogP contribution in [-0.2, 0) is 0 Å². The van der Waals surface area contributed by atoms with Crippen LogP contribution in [0.2, 0.25) is 0 Å². The van der Waals surface area contributed by atoms with Crippen LogP contribution in [-0.4, -0.2) is 18.5 Å². The van der Waals surface area contributed by atoms with E-state index in [9.17, 15) is 0 Å². The van der Waals surface area contributed by atoms with Crippen molar-refractivity contribution < 1.29 is 9.47 Å². The summed E-state index contributed by atoms with van der Waals surface area (Å²) in [6.07, 6.45) is 3.51. The number of fused-ring (bicyclic) bond motifs is 1. The summed E-state index contributed by atoms with van der Waals surface area (Å²) in [6.45, 7) is 7.99. The molecule has 0 atom stereocenters. The van der Waals surface area contributed by atoms with Gasteiger partial charge in [-0.15, -0.1) is 0 Å². The van der Waals surface area contributed by atoms with Crippen LogP contribution in [0, 0.1) is 12.8 Å². The molecule has 126 valence electrons. The lowest BCUT2D eigenvalue weighted by molar-refractivity contribution is 0.271. The van der Waals surface area contributed by atoms with E-state index in [0.29, 0.717) is 5.92 Å². The molecular weight excluding hydrogens is 352 g/mol. The Morgan fingerprint density at radius 2 is 1.83 bits per heavy atom. The van der Waals surface area contributed by atoms with Gasteiger partial charge in [0, 0.05) is 5.33 Å². The second-order valence-electron chi connectivity index (χ2n) is 6.37. The van der Waals surface area contributed by atoms with Crippen molar-refractivity contribution in [3.63, 3.8) is 0 Å². The molecule has 2 aromatic carbocycles. The molecule has 3 heteroatoms. The van der Waals surface area contributed by atoms with Crippen LogP contribution < -0.4 is 9.47 Å². The van der Waals surface area contributed by atoms with Crippen molar-refractivity contribution in [3.8, 4) is 11.5 Å². The molecule has 0 aromatic heterocycles. The number of ether oxygens (including phenoxy) is 2. The van der Waals surface area contributed by atoms with Crippen LogP contribution >= 0.6 is 15.9 Å². The SMILES string of the molecule is Cc1c(OCCCCCBr)ccc2cc(OCC(C)C)ccc12. The van der Waals surface area contributed by atoms with Crippen molar-refractivity contribution in [3.05, 3.63) is 35.9 Å². The van der Waals surface area contributed by atoms with Crippen LogP contribution in [0.4, 0.5) is 0 Å². The maximum Gasteiger partial charge on any atom is 0.122 e. The van der Waals surface area contributed by atoms with Gasteiger partial charge in [-0.3, -0.25) is 0 Å². The highest BCUT2D eigenvalue weighted by atomic mass is 79.9. The minimum Gasteiger partial charge on any atom is -0.493 e. The third kappa shape index (κ3) is 5.42. The Hall–Kier alpha value is -1.22. The molecule has 0 N–H and O–H groups in total. The van der Waals surface area contributed by atoms with Gasteiger partial charge in [-0.25, -0.2) is 0 Å². The predicted octanol–water partition coefficient (Wildman–Crippen LogP) is 6.13. The minimum absolute atomic E-state index is 0.535. The first kappa shape index (κ1) is 18.1. The number of alkyl halides is 1. The summed E-state index contributed by atoms with van der Waals surface area (Å²) in [6, 6.07) is 10.5. The standard InChI is InChI=1S/C20H27BrO2/c1-15(2)14-23-18-8-9-19-16(3)20(10-7-17(19)13-18)22-12-6-4-5-11-21/h7-10,13,15H,4-6,11-12,14H2,1-3H3. The van der Waals surface area contributed by atoms with Gasteiger partial charge in [-0.1, -0.05) is 41.9 Å². The van der Waals surface area contributed by atoms with E-state index in [2.05, 4.69) is 67.0 Å². The Morgan fingerprint density at radius 3 is 2.57 bits per heavy atom. The highest BCUT2D eigenvalue weighted by molar-refractivity contribution is 9.09. The first-order valence-electron chi connectivity index (χ1n) is 8.46. The van der Waals surface area contributed by atoms with Crippen molar-refractivity contribution in [1.29, 1.82) is 0 Å². The summed E-state index contributed by atoms with van der Waals surface area (Å²) in [5.41, 5.74) is 1.21. The largest absolute Gasteiger partial charge is 0.493 e. The lowest BCUT2D eigenvalue weighted by Crippen LogP contribution is -2.04. The third-order valence-corrected chi connectivity index (χ3v) is 4.39. The highest BCUT2D eigenvalue weighted by Gasteiger charge is 2.06. The van der Waals surface area contributed by atoms with Crippen molar-refractivity contribution in [2.45, 2.75) is 40.0 Å². The molecule has 0 radical (unpaired) electrons. The smallest absolute Gasteiger partial charge is 0.122 e. The summed E-state index contributed by atoms with van der Waals surface area (Å²) in [5.74, 6) is 2.47. The Balaban J connectivity index is 2.05. The van der Waals surface area contributed by atoms with Crippen molar-refractivity contribution >= 4 is 26.7 Å². The van der Waals surface area contributed by atoms with E-state index in [-0.39, 0.29) is 0 Å². The second-order valence-corrected chi connectivity index (χ2v) is 7.17. The van der Waals surface area contributed by atoms with Gasteiger partial charge in [0.25, 0.3) is 0 Å². The lowest BCUT2D eigenvalue weighted by atomic mass is 10.0. The van der Waals surface area contributed by atoms with Gasteiger partial charge >= 0.3 is 0 Å². The average Bonchev–Trinajstić information content (AvgIpc) is 2.54. The normalized spacial score (nSPS) is 11.2. The van der Waals surface area contributed by atoms with Gasteiger partial charge in [0.05, 0.1) is 13.2 Å². The van der Waals surface area contributed by atoms with Gasteiger partial charge in [0.1, 0.15) is 11.5 Å². The van der Waals surface area contributed by atoms with E-state index >= 15 is 0 Å². The van der Waals surface area contributed by atoms with E-state index in [1.54, 1.807) is 0 Å². The number of hydrogen-bond acceptors (Lipinski definition) is 2. The molecule has 0 heterocycles. The van der Waals surface area contributed by atoms with E-state index in [4.69, 9.17) is 9.47 Å². The second kappa shape index (κ2) is 9.17. The Kier molecular flexibility index (Phi) is 7.22. The molecule has 0 spiro atoms. The van der Waals surface area contributed by atoms with Crippen molar-refractivity contribution in [2.24, 2.45) is 5.92 Å². The summed E-state index contributed by atoms with van der Waals surface area (Å²) in [4.78, 5) is 0. The molecule has 0 aliphatic carbocycles. The molecule has 0 aliphatic rings. The molecule has 23 heavy (non-hydrogen) atoms. The zero-order chi connectivity index (χ0) is 16.7. The number of aryl methyl sites for hydroxylation is 1. The highest BCUT2D eigenvalue weighted by Crippen LogP contribution is 2.30. The number of rotatable bonds is 9. The van der Waals surface area contributed by atoms with Crippen LogP contribution in [0.5, 0.6) is 11.5 Å². The van der Waals surface area contributed by atoms with Crippen LogP contribution in [0.1, 0.15) is 38.7 Å². The zero-order valence-electron chi connectivity index (χ0n) is 14.4. The summed E-state index contributed by atoms with van der Waals surface area (Å²) in [5, 5.41) is 3.51. The fraction of sp³-hybridized carbons (Fsp3) is 0.500. The van der Waals surface area contributed by atoms with E-state index in [0.717, 1.165) is 36.5 Å². The Bertz CT molecular complexity index is 622. The minimum atomic E-state index is 0.535. The van der Waals surface area contributed by atoms with Gasteiger partial charge in [-0.2, -0.15) is 0 Å². The molecule has 2 nitrogen and oxygen atoms in total. The maximum atomic E-state index is 5.95. The Morgan fingerprint density at radius 1 is 1.00 bits per heavy atom. The third-order valence-electron chi connectivity index (χ3n) is 3.83. The van der Waals surface area contributed by atoms with E-state index in [1.807, 2.05) is 0 Å². The van der Waals surface area contributed by atoms with Gasteiger partial charge in [-0.05, 0) is 66.6 Å². The summed E-state index contributed by atoms with van der Waals surface area (Å²) < 4.78 is 11.8. The molecule has 0 saturated carbocycles. The number of hydrogen-bond donors (Lipinski definition) is 0. The van der Waals surface area contributed by atoms with Crippen LogP contribution in [0.25, 0.3) is 10.8 Å². The van der Waals surface area contributed by atoms with Gasteiger partial charge < -0.3 is 9.47 Å². The molecule has 0 aliphatic heterocycles. The van der Waals surface area contributed by atoms with Gasteiger partial charge in [0.2, 0.25) is 0 Å². The van der Waals surface area contributed by atoms with Crippen LogP contribution in [0.15, 0.2) is 30.3 Å². The maximum absolute atomic E-state index is 5.95. The van der Waals surface area contributed by atoms with E-state index in [1.165, 1.54) is 29.2 Å². The first-order chi connectivity index (χ1) is 11.1. The Labute approximate surface area is 148 Å². The monoisotopic (exact) mass is 378 g/mol. The molecule has 2 rings (SSSR count). The number of unbranched alkanes of at least 4 members (excludes halogenated alkanes) is 2. The number of halogens is 1. The van der Waals surface area contributed by atoms with Crippen molar-refractivity contribution in [2.75, 3.05) is 18.5 Å². The van der Waals surface area contributed by atoms with Crippen LogP contribution in [0.3, 0.4) is 0 Å². The first-order valence-corrected chi connectivity index (χ1v) is 9.59. The molecule has 0 unspecified atom stereocenters. The molecule has 0 amide bonds.